The molecule has 0 unspecified atom stereocenters. The molecule has 0 amide bonds. The zero-order valence-electron chi connectivity index (χ0n) is 19.6. The van der Waals surface area contributed by atoms with Gasteiger partial charge in [-0.2, -0.15) is 4.98 Å². The molecule has 0 spiro atoms. The predicted octanol–water partition coefficient (Wildman–Crippen LogP) is 2.76. The zero-order chi connectivity index (χ0) is 22.2. The van der Waals surface area contributed by atoms with E-state index in [1.807, 2.05) is 25.2 Å². The Balaban J connectivity index is 0.00000363. The number of halogens is 1. The predicted molar refractivity (Wildman–Crippen MR) is 135 cm³/mol. The Morgan fingerprint density at radius 2 is 1.94 bits per heavy atom. The van der Waals surface area contributed by atoms with Gasteiger partial charge in [-0.25, -0.2) is 0 Å². The standard InChI is InChI=1S/C22H34N6O3.HI/c1-16(2)21-25-20(31-26-21)8-9-24-22(23-3)28-12-10-27(11-13-28)15-17-14-18(29-4)6-7-19(17)30-5;/h6-7,14,16H,8-13,15H2,1-5H3,(H,23,24);1H. The van der Waals surface area contributed by atoms with Crippen LogP contribution in [0, 0.1) is 0 Å². The molecule has 0 aliphatic carbocycles. The first-order valence-corrected chi connectivity index (χ1v) is 10.7. The lowest BCUT2D eigenvalue weighted by Gasteiger charge is -2.36. The largest absolute Gasteiger partial charge is 0.497 e. The number of hydrogen-bond donors (Lipinski definition) is 1. The minimum absolute atomic E-state index is 0. The van der Waals surface area contributed by atoms with Crippen LogP contribution in [0.4, 0.5) is 0 Å². The van der Waals surface area contributed by atoms with Crippen molar-refractivity contribution in [2.75, 3.05) is 54.0 Å². The van der Waals surface area contributed by atoms with Gasteiger partial charge in [0.15, 0.2) is 11.8 Å². The lowest BCUT2D eigenvalue weighted by molar-refractivity contribution is 0.171. The maximum atomic E-state index is 5.52. The van der Waals surface area contributed by atoms with E-state index in [9.17, 15) is 0 Å². The van der Waals surface area contributed by atoms with Gasteiger partial charge >= 0.3 is 0 Å². The van der Waals surface area contributed by atoms with Crippen molar-refractivity contribution in [3.8, 4) is 11.5 Å². The first-order chi connectivity index (χ1) is 15.0. The molecule has 10 heteroatoms. The van der Waals surface area contributed by atoms with Crippen molar-refractivity contribution in [1.29, 1.82) is 0 Å². The maximum Gasteiger partial charge on any atom is 0.228 e. The van der Waals surface area contributed by atoms with Gasteiger partial charge in [-0.3, -0.25) is 9.89 Å². The molecule has 3 rings (SSSR count). The summed E-state index contributed by atoms with van der Waals surface area (Å²) in [5.41, 5.74) is 1.14. The molecule has 0 atom stereocenters. The van der Waals surface area contributed by atoms with Crippen LogP contribution >= 0.6 is 24.0 Å². The van der Waals surface area contributed by atoms with Crippen molar-refractivity contribution in [2.45, 2.75) is 32.7 Å². The van der Waals surface area contributed by atoms with Gasteiger partial charge in [0.25, 0.3) is 0 Å². The highest BCUT2D eigenvalue weighted by atomic mass is 127. The Labute approximate surface area is 207 Å². The molecule has 32 heavy (non-hydrogen) atoms. The molecule has 1 aliphatic heterocycles. The quantitative estimate of drug-likeness (QED) is 0.301. The van der Waals surface area contributed by atoms with Crippen LogP contribution in [0.3, 0.4) is 0 Å². The highest BCUT2D eigenvalue weighted by molar-refractivity contribution is 14.0. The van der Waals surface area contributed by atoms with Crippen LogP contribution in [0.5, 0.6) is 11.5 Å². The van der Waals surface area contributed by atoms with Gasteiger partial charge in [-0.05, 0) is 18.2 Å². The molecule has 1 aliphatic rings. The van der Waals surface area contributed by atoms with Crippen LogP contribution in [0.15, 0.2) is 27.7 Å². The van der Waals surface area contributed by atoms with Crippen LogP contribution in [0.1, 0.15) is 37.0 Å². The Hall–Kier alpha value is -2.08. The van der Waals surface area contributed by atoms with Crippen LogP contribution in [-0.4, -0.2) is 79.9 Å². The molecule has 0 radical (unpaired) electrons. The molecule has 1 N–H and O–H groups in total. The van der Waals surface area contributed by atoms with Crippen molar-refractivity contribution in [3.63, 3.8) is 0 Å². The molecule has 0 bridgehead atoms. The fourth-order valence-corrected chi connectivity index (χ4v) is 3.58. The molecule has 1 aromatic heterocycles. The highest BCUT2D eigenvalue weighted by Crippen LogP contribution is 2.25. The van der Waals surface area contributed by atoms with Gasteiger partial charge in [-0.15, -0.1) is 24.0 Å². The van der Waals surface area contributed by atoms with Crippen molar-refractivity contribution < 1.29 is 14.0 Å². The highest BCUT2D eigenvalue weighted by Gasteiger charge is 2.21. The lowest BCUT2D eigenvalue weighted by Crippen LogP contribution is -2.52. The van der Waals surface area contributed by atoms with E-state index < -0.39 is 0 Å². The van der Waals surface area contributed by atoms with Crippen molar-refractivity contribution in [1.82, 2.24) is 25.3 Å². The number of benzene rings is 1. The summed E-state index contributed by atoms with van der Waals surface area (Å²) in [6.45, 7) is 9.35. The van der Waals surface area contributed by atoms with E-state index >= 15 is 0 Å². The molecular weight excluding hydrogens is 523 g/mol. The van der Waals surface area contributed by atoms with E-state index in [0.29, 0.717) is 18.9 Å². The number of ether oxygens (including phenoxy) is 2. The summed E-state index contributed by atoms with van der Waals surface area (Å²) in [5.74, 6) is 4.32. The average Bonchev–Trinajstić information content (AvgIpc) is 3.27. The summed E-state index contributed by atoms with van der Waals surface area (Å²) in [7, 11) is 5.21. The van der Waals surface area contributed by atoms with E-state index in [-0.39, 0.29) is 29.9 Å². The van der Waals surface area contributed by atoms with E-state index in [4.69, 9.17) is 14.0 Å². The monoisotopic (exact) mass is 558 g/mol. The first-order valence-electron chi connectivity index (χ1n) is 10.7. The number of guanidine groups is 1. The van der Waals surface area contributed by atoms with Crippen molar-refractivity contribution in [2.24, 2.45) is 4.99 Å². The Kier molecular flexibility index (Phi) is 10.5. The Morgan fingerprint density at radius 1 is 1.19 bits per heavy atom. The number of methoxy groups -OCH3 is 2. The van der Waals surface area contributed by atoms with Gasteiger partial charge in [0.2, 0.25) is 5.89 Å². The van der Waals surface area contributed by atoms with Crippen molar-refractivity contribution >= 4 is 29.9 Å². The molecular formula is C22H35IN6O3. The summed E-state index contributed by atoms with van der Waals surface area (Å²) < 4.78 is 16.2. The molecule has 0 saturated carbocycles. The molecule has 1 fully saturated rings. The summed E-state index contributed by atoms with van der Waals surface area (Å²) in [6, 6.07) is 5.94. The zero-order valence-corrected chi connectivity index (χ0v) is 22.0. The van der Waals surface area contributed by atoms with Gasteiger partial charge in [0.05, 0.1) is 14.2 Å². The minimum atomic E-state index is 0. The van der Waals surface area contributed by atoms with Crippen LogP contribution < -0.4 is 14.8 Å². The summed E-state index contributed by atoms with van der Waals surface area (Å²) in [5, 5.41) is 7.43. The van der Waals surface area contributed by atoms with Crippen LogP contribution in [0.25, 0.3) is 0 Å². The van der Waals surface area contributed by atoms with Gasteiger partial charge in [-0.1, -0.05) is 19.0 Å². The summed E-state index contributed by atoms with van der Waals surface area (Å²) in [4.78, 5) is 13.6. The second kappa shape index (κ2) is 12.8. The molecule has 2 heterocycles. The average molecular weight is 558 g/mol. The lowest BCUT2D eigenvalue weighted by atomic mass is 10.1. The number of aliphatic imine (C=N–C) groups is 1. The Bertz CT molecular complexity index is 865. The molecule has 178 valence electrons. The number of aromatic nitrogens is 2. The van der Waals surface area contributed by atoms with E-state index in [0.717, 1.165) is 61.6 Å². The fraction of sp³-hybridized carbons (Fsp3) is 0.591. The first kappa shape index (κ1) is 26.2. The molecule has 9 nitrogen and oxygen atoms in total. The second-order valence-corrected chi connectivity index (χ2v) is 7.87. The number of rotatable bonds is 8. The van der Waals surface area contributed by atoms with Crippen LogP contribution in [0.2, 0.25) is 0 Å². The number of piperazine rings is 1. The number of hydrogen-bond acceptors (Lipinski definition) is 7. The van der Waals surface area contributed by atoms with Crippen LogP contribution in [-0.2, 0) is 13.0 Å². The molecule has 2 aromatic rings. The van der Waals surface area contributed by atoms with E-state index in [1.54, 1.807) is 14.2 Å². The van der Waals surface area contributed by atoms with Gasteiger partial charge in [0, 0.05) is 64.2 Å². The Morgan fingerprint density at radius 3 is 2.53 bits per heavy atom. The SMILES string of the molecule is CN=C(NCCc1nc(C(C)C)no1)N1CCN(Cc2cc(OC)ccc2OC)CC1.I. The molecule has 1 aromatic carbocycles. The van der Waals surface area contributed by atoms with Gasteiger partial charge < -0.3 is 24.2 Å². The third kappa shape index (κ3) is 6.96. The minimum Gasteiger partial charge on any atom is -0.497 e. The summed E-state index contributed by atoms with van der Waals surface area (Å²) >= 11 is 0. The normalized spacial score (nSPS) is 14.9. The topological polar surface area (TPSA) is 88.2 Å². The molecule has 1 saturated heterocycles. The third-order valence-corrected chi connectivity index (χ3v) is 5.39. The van der Waals surface area contributed by atoms with E-state index in [2.05, 4.69) is 44.1 Å². The smallest absolute Gasteiger partial charge is 0.228 e. The number of nitrogens with one attached hydrogen (secondary N) is 1. The maximum absolute atomic E-state index is 5.52. The van der Waals surface area contributed by atoms with E-state index in [1.165, 1.54) is 0 Å². The third-order valence-electron chi connectivity index (χ3n) is 5.39. The van der Waals surface area contributed by atoms with Crippen molar-refractivity contribution in [3.05, 3.63) is 35.5 Å². The number of nitrogens with zero attached hydrogens (tertiary/aromatic N) is 5. The fourth-order valence-electron chi connectivity index (χ4n) is 3.58. The summed E-state index contributed by atoms with van der Waals surface area (Å²) in [6.07, 6.45) is 0.675. The second-order valence-electron chi connectivity index (χ2n) is 7.87. The van der Waals surface area contributed by atoms with Gasteiger partial charge in [0.1, 0.15) is 11.5 Å².